The maximum atomic E-state index is 13.4. The lowest BCUT2D eigenvalue weighted by molar-refractivity contribution is 0.0948. The first kappa shape index (κ1) is 25.0. The van der Waals surface area contributed by atoms with Gasteiger partial charge in [-0.15, -0.1) is 10.2 Å². The van der Waals surface area contributed by atoms with Crippen LogP contribution in [0.2, 0.25) is 5.02 Å². The normalized spacial score (nSPS) is 14.6. The lowest BCUT2D eigenvalue weighted by atomic mass is 10.2. The minimum absolute atomic E-state index is 0.0543. The van der Waals surface area contributed by atoms with Crippen LogP contribution in [-0.2, 0) is 20.3 Å². The van der Waals surface area contributed by atoms with Gasteiger partial charge in [0.2, 0.25) is 5.88 Å². The highest BCUT2D eigenvalue weighted by Gasteiger charge is 2.35. The van der Waals surface area contributed by atoms with Crippen LogP contribution in [0.3, 0.4) is 0 Å². The van der Waals surface area contributed by atoms with Crippen molar-refractivity contribution in [1.29, 1.82) is 0 Å². The SMILES string of the molecule is CC[C@@H](C)n1c(CS(=O)(=O)[C@@H](C)[C@H](OC)c2ncc(Cl)cn2)nnc1-c1cccc(OC)n1. The molecular formula is C21H27ClN6O4S. The molecule has 0 saturated heterocycles. The van der Waals surface area contributed by atoms with Gasteiger partial charge in [0.25, 0.3) is 0 Å². The third-order valence-corrected chi connectivity index (χ3v) is 7.67. The first-order valence-electron chi connectivity index (χ1n) is 10.4. The van der Waals surface area contributed by atoms with Crippen LogP contribution < -0.4 is 4.74 Å². The maximum absolute atomic E-state index is 13.4. The van der Waals surface area contributed by atoms with Gasteiger partial charge in [-0.05, 0) is 26.3 Å². The summed E-state index contributed by atoms with van der Waals surface area (Å²) in [6.07, 6.45) is 2.69. The molecule has 0 fully saturated rings. The van der Waals surface area contributed by atoms with Gasteiger partial charge in [-0.2, -0.15) is 0 Å². The predicted molar refractivity (Wildman–Crippen MR) is 124 cm³/mol. The standard InChI is InChI=1S/C21H27ClN6O4S/c1-6-13(2)28-17(26-27-21(28)16-8-7-9-18(25-16)31-4)12-33(29,30)14(3)19(32-5)20-23-10-15(22)11-24-20/h7-11,13-14,19H,6,12H2,1-5H3/t13-,14+,19+/m1/s1. The zero-order valence-electron chi connectivity index (χ0n) is 19.1. The first-order valence-corrected chi connectivity index (χ1v) is 12.5. The zero-order chi connectivity index (χ0) is 24.2. The smallest absolute Gasteiger partial charge is 0.213 e. The van der Waals surface area contributed by atoms with Crippen LogP contribution in [0, 0.1) is 0 Å². The van der Waals surface area contributed by atoms with E-state index < -0.39 is 21.2 Å². The molecule has 10 nitrogen and oxygen atoms in total. The molecule has 0 aliphatic carbocycles. The minimum Gasteiger partial charge on any atom is -0.481 e. The molecule has 0 unspecified atom stereocenters. The number of ether oxygens (including phenoxy) is 2. The van der Waals surface area contributed by atoms with Crippen molar-refractivity contribution in [2.45, 2.75) is 50.3 Å². The molecule has 3 aromatic heterocycles. The topological polar surface area (TPSA) is 122 Å². The lowest BCUT2D eigenvalue weighted by Crippen LogP contribution is -2.30. The molecule has 0 N–H and O–H groups in total. The molecule has 0 saturated carbocycles. The highest BCUT2D eigenvalue weighted by atomic mass is 35.5. The van der Waals surface area contributed by atoms with E-state index in [4.69, 9.17) is 21.1 Å². The highest BCUT2D eigenvalue weighted by Crippen LogP contribution is 2.29. The van der Waals surface area contributed by atoms with Gasteiger partial charge in [-0.25, -0.2) is 23.4 Å². The van der Waals surface area contributed by atoms with Gasteiger partial charge in [0.05, 0.1) is 17.4 Å². The van der Waals surface area contributed by atoms with Crippen molar-refractivity contribution in [2.24, 2.45) is 0 Å². The van der Waals surface area contributed by atoms with Crippen LogP contribution >= 0.6 is 11.6 Å². The van der Waals surface area contributed by atoms with E-state index in [0.717, 1.165) is 6.42 Å². The Balaban J connectivity index is 1.97. The van der Waals surface area contributed by atoms with E-state index in [-0.39, 0.29) is 17.6 Å². The molecule has 0 bridgehead atoms. The molecule has 0 aliphatic heterocycles. The second kappa shape index (κ2) is 10.5. The van der Waals surface area contributed by atoms with Gasteiger partial charge in [0, 0.05) is 31.6 Å². The third kappa shape index (κ3) is 5.48. The summed E-state index contributed by atoms with van der Waals surface area (Å²) in [4.78, 5) is 12.7. The van der Waals surface area contributed by atoms with E-state index in [2.05, 4.69) is 25.1 Å². The van der Waals surface area contributed by atoms with E-state index in [1.54, 1.807) is 25.1 Å². The molecule has 0 aromatic carbocycles. The number of rotatable bonds is 10. The van der Waals surface area contributed by atoms with E-state index in [9.17, 15) is 8.42 Å². The summed E-state index contributed by atoms with van der Waals surface area (Å²) < 4.78 is 39.2. The molecule has 3 rings (SSSR count). The quantitative estimate of drug-likeness (QED) is 0.417. The van der Waals surface area contributed by atoms with Gasteiger partial charge >= 0.3 is 0 Å². The number of hydrogen-bond donors (Lipinski definition) is 0. The Morgan fingerprint density at radius 3 is 2.42 bits per heavy atom. The van der Waals surface area contributed by atoms with Gasteiger partial charge in [0.15, 0.2) is 21.5 Å². The Morgan fingerprint density at radius 2 is 1.82 bits per heavy atom. The number of hydrogen-bond acceptors (Lipinski definition) is 9. The fraction of sp³-hybridized carbons (Fsp3) is 0.476. The summed E-state index contributed by atoms with van der Waals surface area (Å²) >= 11 is 5.85. The Kier molecular flexibility index (Phi) is 7.98. The molecule has 0 amide bonds. The van der Waals surface area contributed by atoms with E-state index in [1.165, 1.54) is 26.6 Å². The largest absolute Gasteiger partial charge is 0.481 e. The lowest BCUT2D eigenvalue weighted by Gasteiger charge is -2.22. The third-order valence-electron chi connectivity index (χ3n) is 5.43. The minimum atomic E-state index is -3.74. The first-order chi connectivity index (χ1) is 15.7. The van der Waals surface area contributed by atoms with Crippen LogP contribution in [-0.4, -0.2) is 57.6 Å². The fourth-order valence-electron chi connectivity index (χ4n) is 3.37. The van der Waals surface area contributed by atoms with Crippen molar-refractivity contribution in [3.63, 3.8) is 0 Å². The van der Waals surface area contributed by atoms with Crippen molar-refractivity contribution >= 4 is 21.4 Å². The summed E-state index contributed by atoms with van der Waals surface area (Å²) in [6, 6.07) is 5.25. The fourth-order valence-corrected chi connectivity index (χ4v) is 4.90. The Hall–Kier alpha value is -2.63. The number of aromatic nitrogens is 6. The molecule has 3 atom stereocenters. The molecule has 0 spiro atoms. The molecule has 0 aliphatic rings. The van der Waals surface area contributed by atoms with Crippen molar-refractivity contribution in [2.75, 3.05) is 14.2 Å². The van der Waals surface area contributed by atoms with Crippen LogP contribution in [0.5, 0.6) is 5.88 Å². The Bertz CT molecular complexity index is 1190. The molecular weight excluding hydrogens is 468 g/mol. The number of methoxy groups -OCH3 is 2. The Morgan fingerprint density at radius 1 is 1.12 bits per heavy atom. The predicted octanol–water partition coefficient (Wildman–Crippen LogP) is 3.45. The average Bonchev–Trinajstić information content (AvgIpc) is 3.23. The summed E-state index contributed by atoms with van der Waals surface area (Å²) in [5.74, 6) is 1.14. The van der Waals surface area contributed by atoms with Gasteiger partial charge < -0.3 is 14.0 Å². The molecule has 3 aromatic rings. The van der Waals surface area contributed by atoms with Gasteiger partial charge in [0.1, 0.15) is 23.4 Å². The number of pyridine rings is 1. The van der Waals surface area contributed by atoms with Gasteiger partial charge in [-0.3, -0.25) is 0 Å². The van der Waals surface area contributed by atoms with E-state index in [1.807, 2.05) is 18.4 Å². The average molecular weight is 495 g/mol. The number of sulfone groups is 1. The molecule has 3 heterocycles. The van der Waals surface area contributed by atoms with Gasteiger partial charge in [-0.1, -0.05) is 24.6 Å². The van der Waals surface area contributed by atoms with E-state index >= 15 is 0 Å². The summed E-state index contributed by atoms with van der Waals surface area (Å²) in [7, 11) is -0.786. The van der Waals surface area contributed by atoms with E-state index in [0.29, 0.717) is 28.2 Å². The van der Waals surface area contributed by atoms with Crippen molar-refractivity contribution in [3.8, 4) is 17.4 Å². The van der Waals surface area contributed by atoms with Crippen LogP contribution in [0.15, 0.2) is 30.6 Å². The van der Waals surface area contributed by atoms with Crippen molar-refractivity contribution < 1.29 is 17.9 Å². The second-order valence-electron chi connectivity index (χ2n) is 7.56. The summed E-state index contributed by atoms with van der Waals surface area (Å²) in [6.45, 7) is 5.55. The van der Waals surface area contributed by atoms with Crippen molar-refractivity contribution in [3.05, 3.63) is 47.3 Å². The zero-order valence-corrected chi connectivity index (χ0v) is 20.7. The number of nitrogens with zero attached hydrogens (tertiary/aromatic N) is 6. The molecule has 33 heavy (non-hydrogen) atoms. The summed E-state index contributed by atoms with van der Waals surface area (Å²) in [5, 5.41) is 7.90. The summed E-state index contributed by atoms with van der Waals surface area (Å²) in [5.41, 5.74) is 0.545. The molecule has 12 heteroatoms. The molecule has 0 radical (unpaired) electrons. The maximum Gasteiger partial charge on any atom is 0.213 e. The van der Waals surface area contributed by atoms with Crippen LogP contribution in [0.1, 0.15) is 51.0 Å². The van der Waals surface area contributed by atoms with Crippen LogP contribution in [0.4, 0.5) is 0 Å². The van der Waals surface area contributed by atoms with Crippen molar-refractivity contribution in [1.82, 2.24) is 29.7 Å². The number of halogens is 1. The Labute approximate surface area is 198 Å². The van der Waals surface area contributed by atoms with Crippen LogP contribution in [0.25, 0.3) is 11.5 Å². The monoisotopic (exact) mass is 494 g/mol. The second-order valence-corrected chi connectivity index (χ2v) is 10.4. The molecule has 178 valence electrons. The highest BCUT2D eigenvalue weighted by molar-refractivity contribution is 7.91.